The van der Waals surface area contributed by atoms with Crippen LogP contribution in [0.4, 0.5) is 0 Å². The zero-order valence-corrected chi connectivity index (χ0v) is 7.46. The monoisotopic (exact) mass is 162 g/mol. The normalized spacial score (nSPS) is 12.5. The molecular formula is C10H14N2. The van der Waals surface area contributed by atoms with Crippen molar-refractivity contribution in [3.05, 3.63) is 41.1 Å². The van der Waals surface area contributed by atoms with Gasteiger partial charge in [0.15, 0.2) is 0 Å². The SMILES string of the molecule is C/C(N)=C(\N)c1ccc(C)cc1. The molecule has 0 saturated heterocycles. The van der Waals surface area contributed by atoms with Crippen LogP contribution in [0.3, 0.4) is 0 Å². The molecule has 0 amide bonds. The Morgan fingerprint density at radius 2 is 1.58 bits per heavy atom. The van der Waals surface area contributed by atoms with E-state index in [4.69, 9.17) is 11.5 Å². The van der Waals surface area contributed by atoms with Crippen molar-refractivity contribution in [1.82, 2.24) is 0 Å². The lowest BCUT2D eigenvalue weighted by molar-refractivity contribution is 1.28. The first-order valence-corrected chi connectivity index (χ1v) is 3.90. The van der Waals surface area contributed by atoms with E-state index in [1.165, 1.54) is 5.56 Å². The minimum Gasteiger partial charge on any atom is -0.401 e. The molecule has 0 atom stereocenters. The highest BCUT2D eigenvalue weighted by Crippen LogP contribution is 2.11. The predicted molar refractivity (Wildman–Crippen MR) is 52.1 cm³/mol. The van der Waals surface area contributed by atoms with Crippen LogP contribution < -0.4 is 11.5 Å². The number of rotatable bonds is 1. The van der Waals surface area contributed by atoms with Crippen LogP contribution in [-0.4, -0.2) is 0 Å². The molecule has 0 saturated carbocycles. The van der Waals surface area contributed by atoms with E-state index in [1.807, 2.05) is 31.2 Å². The molecule has 0 radical (unpaired) electrons. The molecule has 0 aliphatic heterocycles. The van der Waals surface area contributed by atoms with Gasteiger partial charge in [-0.05, 0) is 19.4 Å². The summed E-state index contributed by atoms with van der Waals surface area (Å²) in [6.07, 6.45) is 0. The molecule has 0 aliphatic carbocycles. The van der Waals surface area contributed by atoms with Crippen LogP contribution in [-0.2, 0) is 0 Å². The van der Waals surface area contributed by atoms with Crippen molar-refractivity contribution >= 4 is 5.70 Å². The van der Waals surface area contributed by atoms with Crippen LogP contribution in [0, 0.1) is 6.92 Å². The Bertz CT molecular complexity index is 292. The van der Waals surface area contributed by atoms with Gasteiger partial charge in [0, 0.05) is 5.70 Å². The van der Waals surface area contributed by atoms with Crippen molar-refractivity contribution in [2.75, 3.05) is 0 Å². The van der Waals surface area contributed by atoms with E-state index >= 15 is 0 Å². The van der Waals surface area contributed by atoms with Gasteiger partial charge in [0.2, 0.25) is 0 Å². The zero-order chi connectivity index (χ0) is 9.14. The van der Waals surface area contributed by atoms with Crippen molar-refractivity contribution in [2.24, 2.45) is 11.5 Å². The lowest BCUT2D eigenvalue weighted by Gasteiger charge is -2.03. The van der Waals surface area contributed by atoms with Crippen molar-refractivity contribution < 1.29 is 0 Å². The Morgan fingerprint density at radius 3 is 2.00 bits per heavy atom. The van der Waals surface area contributed by atoms with Crippen molar-refractivity contribution in [1.29, 1.82) is 0 Å². The highest BCUT2D eigenvalue weighted by Gasteiger charge is 1.97. The van der Waals surface area contributed by atoms with Gasteiger partial charge in [-0.3, -0.25) is 0 Å². The Kier molecular flexibility index (Phi) is 2.38. The molecule has 2 heteroatoms. The summed E-state index contributed by atoms with van der Waals surface area (Å²) in [6.45, 7) is 3.84. The van der Waals surface area contributed by atoms with E-state index in [1.54, 1.807) is 6.92 Å². The fourth-order valence-corrected chi connectivity index (χ4v) is 0.961. The summed E-state index contributed by atoms with van der Waals surface area (Å²) in [7, 11) is 0. The maximum atomic E-state index is 5.74. The van der Waals surface area contributed by atoms with Crippen LogP contribution in [0.2, 0.25) is 0 Å². The third-order valence-electron chi connectivity index (χ3n) is 1.79. The Morgan fingerprint density at radius 1 is 1.08 bits per heavy atom. The van der Waals surface area contributed by atoms with Gasteiger partial charge in [0.1, 0.15) is 0 Å². The molecule has 0 bridgehead atoms. The van der Waals surface area contributed by atoms with Gasteiger partial charge < -0.3 is 11.5 Å². The maximum absolute atomic E-state index is 5.74. The van der Waals surface area contributed by atoms with Crippen LogP contribution in [0.1, 0.15) is 18.1 Å². The van der Waals surface area contributed by atoms with Crippen LogP contribution in [0.5, 0.6) is 0 Å². The largest absolute Gasteiger partial charge is 0.401 e. The average Bonchev–Trinajstić information content (AvgIpc) is 2.04. The topological polar surface area (TPSA) is 52.0 Å². The average molecular weight is 162 g/mol. The minimum absolute atomic E-state index is 0.662. The van der Waals surface area contributed by atoms with E-state index in [0.717, 1.165) is 5.56 Å². The molecule has 64 valence electrons. The highest BCUT2D eigenvalue weighted by atomic mass is 14.7. The molecule has 1 rings (SSSR count). The van der Waals surface area contributed by atoms with Gasteiger partial charge in [0.25, 0.3) is 0 Å². The van der Waals surface area contributed by atoms with Gasteiger partial charge >= 0.3 is 0 Å². The van der Waals surface area contributed by atoms with Crippen LogP contribution in [0.15, 0.2) is 30.0 Å². The first kappa shape index (κ1) is 8.65. The van der Waals surface area contributed by atoms with E-state index in [2.05, 4.69) is 0 Å². The summed E-state index contributed by atoms with van der Waals surface area (Å²) in [5, 5.41) is 0. The molecule has 0 aliphatic rings. The lowest BCUT2D eigenvalue weighted by atomic mass is 10.1. The molecule has 0 unspecified atom stereocenters. The summed E-state index contributed by atoms with van der Waals surface area (Å²) in [5.74, 6) is 0. The lowest BCUT2D eigenvalue weighted by Crippen LogP contribution is -2.05. The second-order valence-corrected chi connectivity index (χ2v) is 2.96. The Balaban J connectivity index is 3.06. The third kappa shape index (κ3) is 1.78. The molecule has 0 spiro atoms. The van der Waals surface area contributed by atoms with Crippen molar-refractivity contribution in [2.45, 2.75) is 13.8 Å². The van der Waals surface area contributed by atoms with Crippen LogP contribution >= 0.6 is 0 Å². The molecule has 4 N–H and O–H groups in total. The minimum atomic E-state index is 0.662. The Hall–Kier alpha value is -1.44. The van der Waals surface area contributed by atoms with Gasteiger partial charge in [-0.2, -0.15) is 0 Å². The highest BCUT2D eigenvalue weighted by molar-refractivity contribution is 5.64. The second kappa shape index (κ2) is 3.30. The standard InChI is InChI=1S/C10H14N2/c1-7-3-5-9(6-4-7)10(12)8(2)11/h3-6H,11-12H2,1-2H3/b10-8+. The smallest absolute Gasteiger partial charge is 0.0575 e. The number of allylic oxidation sites excluding steroid dienone is 1. The molecule has 12 heavy (non-hydrogen) atoms. The zero-order valence-electron chi connectivity index (χ0n) is 7.46. The first-order chi connectivity index (χ1) is 5.61. The van der Waals surface area contributed by atoms with Gasteiger partial charge in [-0.25, -0.2) is 0 Å². The molecule has 2 nitrogen and oxygen atoms in total. The second-order valence-electron chi connectivity index (χ2n) is 2.96. The van der Waals surface area contributed by atoms with Crippen molar-refractivity contribution in [3.8, 4) is 0 Å². The molecular weight excluding hydrogens is 148 g/mol. The van der Waals surface area contributed by atoms with E-state index < -0.39 is 0 Å². The quantitative estimate of drug-likeness (QED) is 0.659. The number of benzene rings is 1. The number of hydrogen-bond acceptors (Lipinski definition) is 2. The first-order valence-electron chi connectivity index (χ1n) is 3.90. The van der Waals surface area contributed by atoms with E-state index in [9.17, 15) is 0 Å². The molecule has 0 aromatic heterocycles. The summed E-state index contributed by atoms with van der Waals surface area (Å²) >= 11 is 0. The summed E-state index contributed by atoms with van der Waals surface area (Å²) in [5.41, 5.74) is 14.8. The van der Waals surface area contributed by atoms with Crippen LogP contribution in [0.25, 0.3) is 5.70 Å². The van der Waals surface area contributed by atoms with Gasteiger partial charge in [-0.1, -0.05) is 29.8 Å². The van der Waals surface area contributed by atoms with E-state index in [0.29, 0.717) is 11.4 Å². The van der Waals surface area contributed by atoms with Crippen molar-refractivity contribution in [3.63, 3.8) is 0 Å². The predicted octanol–water partition coefficient (Wildman–Crippen LogP) is 1.60. The molecule has 0 fully saturated rings. The fraction of sp³-hybridized carbons (Fsp3) is 0.200. The van der Waals surface area contributed by atoms with Gasteiger partial charge in [-0.15, -0.1) is 0 Å². The molecule has 0 heterocycles. The summed E-state index contributed by atoms with van der Waals surface area (Å²) < 4.78 is 0. The fourth-order valence-electron chi connectivity index (χ4n) is 0.961. The summed E-state index contributed by atoms with van der Waals surface area (Å²) in [6, 6.07) is 7.98. The Labute approximate surface area is 72.9 Å². The number of nitrogens with two attached hydrogens (primary N) is 2. The number of hydrogen-bond donors (Lipinski definition) is 2. The molecule has 1 aromatic carbocycles. The van der Waals surface area contributed by atoms with Gasteiger partial charge in [0.05, 0.1) is 5.70 Å². The third-order valence-corrected chi connectivity index (χ3v) is 1.79. The van der Waals surface area contributed by atoms with E-state index in [-0.39, 0.29) is 0 Å². The molecule has 1 aromatic rings. The maximum Gasteiger partial charge on any atom is 0.0575 e. The number of aryl methyl sites for hydroxylation is 1. The summed E-state index contributed by atoms with van der Waals surface area (Å²) in [4.78, 5) is 0.